The maximum Gasteiger partial charge on any atom is 0.256 e. The first kappa shape index (κ1) is 24.8. The van der Waals surface area contributed by atoms with Crippen molar-refractivity contribution in [1.82, 2.24) is 20.2 Å². The Morgan fingerprint density at radius 2 is 1.87 bits per heavy atom. The summed E-state index contributed by atoms with van der Waals surface area (Å²) in [4.78, 5) is 11.0. The second-order valence-electron chi connectivity index (χ2n) is 11.3. The summed E-state index contributed by atoms with van der Waals surface area (Å²) in [7, 11) is 3.08. The van der Waals surface area contributed by atoms with Crippen LogP contribution in [0, 0.1) is 11.3 Å². The minimum absolute atomic E-state index is 0.0303. The highest BCUT2D eigenvalue weighted by molar-refractivity contribution is 5.73. The summed E-state index contributed by atoms with van der Waals surface area (Å²) in [6.07, 6.45) is 9.67. The van der Waals surface area contributed by atoms with Crippen LogP contribution in [0.1, 0.15) is 51.9 Å². The van der Waals surface area contributed by atoms with Gasteiger partial charge in [-0.1, -0.05) is 25.8 Å². The third-order valence-electron chi connectivity index (χ3n) is 8.61. The highest BCUT2D eigenvalue weighted by Gasteiger charge is 2.52. The molecule has 0 aliphatic heterocycles. The lowest BCUT2D eigenvalue weighted by Crippen LogP contribution is -2.56. The highest BCUT2D eigenvalue weighted by atomic mass is 19.1. The molecular formula is C29H34FN5O3. The Labute approximate surface area is 222 Å². The number of hydrogen-bond donors (Lipinski definition) is 1. The number of aromatic nitrogens is 4. The van der Waals surface area contributed by atoms with Gasteiger partial charge in [0.25, 0.3) is 5.88 Å². The van der Waals surface area contributed by atoms with Crippen molar-refractivity contribution in [3.05, 3.63) is 36.7 Å². The van der Waals surface area contributed by atoms with Crippen LogP contribution < -0.4 is 14.4 Å². The van der Waals surface area contributed by atoms with Crippen LogP contribution in [-0.4, -0.2) is 57.7 Å². The Bertz CT molecular complexity index is 1320. The molecule has 8 nitrogen and oxygen atoms in total. The molecule has 38 heavy (non-hydrogen) atoms. The smallest absolute Gasteiger partial charge is 0.256 e. The monoisotopic (exact) mass is 519 g/mol. The van der Waals surface area contributed by atoms with Crippen LogP contribution in [0.5, 0.6) is 17.4 Å². The Balaban J connectivity index is 1.25. The van der Waals surface area contributed by atoms with Crippen LogP contribution >= 0.6 is 0 Å². The molecule has 2 bridgehead atoms. The van der Waals surface area contributed by atoms with Crippen molar-refractivity contribution in [2.45, 2.75) is 70.1 Å². The molecule has 0 unspecified atom stereocenters. The fraction of sp³-hybridized carbons (Fsp3) is 0.517. The van der Waals surface area contributed by atoms with Gasteiger partial charge < -0.3 is 19.5 Å². The van der Waals surface area contributed by atoms with Crippen LogP contribution in [0.15, 0.2) is 36.7 Å². The van der Waals surface area contributed by atoms with Gasteiger partial charge in [0.1, 0.15) is 11.9 Å². The molecule has 3 saturated carbocycles. The molecule has 2 heterocycles. The number of methoxy groups -OCH3 is 2. The zero-order chi connectivity index (χ0) is 26.4. The van der Waals surface area contributed by atoms with Crippen molar-refractivity contribution in [3.8, 4) is 39.9 Å². The second-order valence-corrected chi connectivity index (χ2v) is 11.3. The number of ether oxygens (including phenoxy) is 2. The van der Waals surface area contributed by atoms with E-state index in [1.165, 1.54) is 13.5 Å². The number of halogens is 1. The average molecular weight is 520 g/mol. The van der Waals surface area contributed by atoms with Crippen molar-refractivity contribution >= 4 is 5.82 Å². The van der Waals surface area contributed by atoms with E-state index in [1.807, 2.05) is 6.07 Å². The van der Waals surface area contributed by atoms with Crippen molar-refractivity contribution in [3.63, 3.8) is 0 Å². The second kappa shape index (κ2) is 9.67. The maximum atomic E-state index is 15.9. The normalized spacial score (nSPS) is 26.6. The molecule has 3 aromatic rings. The summed E-state index contributed by atoms with van der Waals surface area (Å²) in [5, 5.41) is 19.7. The largest absolute Gasteiger partial charge is 0.507 e. The zero-order valence-corrected chi connectivity index (χ0v) is 22.1. The summed E-state index contributed by atoms with van der Waals surface area (Å²) in [6.45, 7) is 2.12. The van der Waals surface area contributed by atoms with Crippen LogP contribution in [0.4, 0.5) is 10.2 Å². The number of phenolic OH excluding ortho intramolecular Hbond substituents is 1. The molecule has 3 fully saturated rings. The predicted molar refractivity (Wildman–Crippen MR) is 142 cm³/mol. The van der Waals surface area contributed by atoms with Crippen molar-refractivity contribution in [1.29, 1.82) is 0 Å². The van der Waals surface area contributed by atoms with Crippen molar-refractivity contribution in [2.75, 3.05) is 19.1 Å². The summed E-state index contributed by atoms with van der Waals surface area (Å²) < 4.78 is 26.5. The number of pyridine rings is 1. The Kier molecular flexibility index (Phi) is 6.32. The minimum Gasteiger partial charge on any atom is -0.507 e. The predicted octanol–water partition coefficient (Wildman–Crippen LogP) is 5.60. The average Bonchev–Trinajstić information content (AvgIpc) is 3.77. The van der Waals surface area contributed by atoms with E-state index in [1.54, 1.807) is 37.7 Å². The van der Waals surface area contributed by atoms with Crippen LogP contribution in [0.2, 0.25) is 0 Å². The number of aromatic hydroxyl groups is 1. The third kappa shape index (κ3) is 4.41. The number of nitrogens with zero attached hydrogens (tertiary/aromatic N) is 5. The molecule has 0 spiro atoms. The number of anilines is 1. The quantitative estimate of drug-likeness (QED) is 0.431. The standard InChI is InChI=1S/C29H34FN5O3/c1-29-10-4-5-17(14-29)11-22(26(29)30)35(20-7-8-20)25-16-31-27(34-33-25)21-9-6-18(12-23(21)36)19-13-24(37-2)28(38-3)32-15-19/h6,9,12-13,15-17,20,22,26,36H,4-5,7-8,10-11,14H2,1-3H3/t17-,22-,26-,29-/m0/s1. The van der Waals surface area contributed by atoms with Gasteiger partial charge in [-0.05, 0) is 61.8 Å². The summed E-state index contributed by atoms with van der Waals surface area (Å²) in [5.74, 6) is 2.44. The van der Waals surface area contributed by atoms with E-state index in [0.29, 0.717) is 40.8 Å². The lowest BCUT2D eigenvalue weighted by molar-refractivity contribution is -0.0125. The van der Waals surface area contributed by atoms with Gasteiger partial charge in [0.2, 0.25) is 0 Å². The number of hydrogen-bond acceptors (Lipinski definition) is 8. The lowest BCUT2D eigenvalue weighted by atomic mass is 9.60. The highest BCUT2D eigenvalue weighted by Crippen LogP contribution is 2.52. The topological polar surface area (TPSA) is 93.5 Å². The Hall–Kier alpha value is -3.49. The molecule has 0 amide bonds. The molecule has 1 aromatic carbocycles. The fourth-order valence-electron chi connectivity index (χ4n) is 6.57. The van der Waals surface area contributed by atoms with Gasteiger partial charge in [-0.15, -0.1) is 10.2 Å². The molecule has 200 valence electrons. The van der Waals surface area contributed by atoms with Gasteiger partial charge in [-0.25, -0.2) is 14.4 Å². The van der Waals surface area contributed by atoms with Gasteiger partial charge in [-0.2, -0.15) is 0 Å². The van der Waals surface area contributed by atoms with Gasteiger partial charge in [0.15, 0.2) is 17.4 Å². The summed E-state index contributed by atoms with van der Waals surface area (Å²) >= 11 is 0. The number of benzene rings is 1. The Morgan fingerprint density at radius 3 is 2.55 bits per heavy atom. The van der Waals surface area contributed by atoms with Crippen LogP contribution in [-0.2, 0) is 0 Å². The molecule has 4 atom stereocenters. The van der Waals surface area contributed by atoms with Gasteiger partial charge in [0.05, 0.1) is 32.0 Å². The first-order valence-electron chi connectivity index (χ1n) is 13.4. The van der Waals surface area contributed by atoms with Gasteiger partial charge >= 0.3 is 0 Å². The first-order valence-corrected chi connectivity index (χ1v) is 13.4. The van der Waals surface area contributed by atoms with Crippen molar-refractivity contribution in [2.24, 2.45) is 11.3 Å². The number of rotatable bonds is 7. The van der Waals surface area contributed by atoms with E-state index >= 15 is 4.39 Å². The molecule has 9 heteroatoms. The molecule has 1 N–H and O–H groups in total. The molecule has 2 aromatic heterocycles. The molecule has 3 aliphatic rings. The van der Waals surface area contributed by atoms with E-state index in [0.717, 1.165) is 49.7 Å². The van der Waals surface area contributed by atoms with Gasteiger partial charge in [0, 0.05) is 23.2 Å². The molecule has 6 rings (SSSR count). The minimum atomic E-state index is -0.885. The SMILES string of the molecule is COc1cc(-c2ccc(-c3ncc(N(C4CC4)[C@H]4C[C@@H]5CCC[C@@](C)(C5)[C@H]4F)nn3)c(O)c2)cnc1OC. The van der Waals surface area contributed by atoms with Crippen molar-refractivity contribution < 1.29 is 19.0 Å². The Morgan fingerprint density at radius 1 is 1.03 bits per heavy atom. The number of alkyl halides is 1. The van der Waals surface area contributed by atoms with E-state index in [2.05, 4.69) is 32.0 Å². The lowest BCUT2D eigenvalue weighted by Gasteiger charge is -2.52. The summed E-state index contributed by atoms with van der Waals surface area (Å²) in [6, 6.07) is 7.18. The van der Waals surface area contributed by atoms with E-state index in [4.69, 9.17) is 9.47 Å². The van der Waals surface area contributed by atoms with E-state index in [-0.39, 0.29) is 17.2 Å². The summed E-state index contributed by atoms with van der Waals surface area (Å²) in [5.41, 5.74) is 1.75. The molecule has 0 saturated heterocycles. The van der Waals surface area contributed by atoms with E-state index < -0.39 is 6.17 Å². The van der Waals surface area contributed by atoms with Crippen LogP contribution in [0.25, 0.3) is 22.5 Å². The van der Waals surface area contributed by atoms with Gasteiger partial charge in [-0.3, -0.25) is 0 Å². The van der Waals surface area contributed by atoms with Crippen LogP contribution in [0.3, 0.4) is 0 Å². The zero-order valence-electron chi connectivity index (χ0n) is 22.1. The fourth-order valence-corrected chi connectivity index (χ4v) is 6.57. The molecule has 0 radical (unpaired) electrons. The first-order chi connectivity index (χ1) is 18.4. The third-order valence-corrected chi connectivity index (χ3v) is 8.61. The number of phenols is 1. The van der Waals surface area contributed by atoms with E-state index in [9.17, 15) is 5.11 Å². The maximum absolute atomic E-state index is 15.9. The molecular weight excluding hydrogens is 485 g/mol. The number of fused-ring (bicyclic) bond motifs is 2. The molecule has 3 aliphatic carbocycles.